The lowest BCUT2D eigenvalue weighted by Gasteiger charge is -2.10. The molecule has 19 heavy (non-hydrogen) atoms. The zero-order chi connectivity index (χ0) is 14.1. The van der Waals surface area contributed by atoms with Crippen LogP contribution in [0.15, 0.2) is 30.3 Å². The van der Waals surface area contributed by atoms with E-state index in [1.54, 1.807) is 24.3 Å². The number of carbonyl (C=O) groups is 2. The van der Waals surface area contributed by atoms with Crippen molar-refractivity contribution in [3.8, 4) is 6.07 Å². The molecular weight excluding hydrogens is 242 g/mol. The Labute approximate surface area is 112 Å². The van der Waals surface area contributed by atoms with Gasteiger partial charge in [0.15, 0.2) is 0 Å². The fourth-order valence-corrected chi connectivity index (χ4v) is 1.67. The van der Waals surface area contributed by atoms with E-state index in [-0.39, 0.29) is 11.8 Å². The highest BCUT2D eigenvalue weighted by atomic mass is 16.2. The van der Waals surface area contributed by atoms with Gasteiger partial charge in [-0.15, -0.1) is 0 Å². The molecule has 1 rings (SSSR count). The Morgan fingerprint density at radius 1 is 1.26 bits per heavy atom. The summed E-state index contributed by atoms with van der Waals surface area (Å²) in [7, 11) is 0. The molecule has 3 N–H and O–H groups in total. The molecule has 0 spiro atoms. The Morgan fingerprint density at radius 2 is 1.95 bits per heavy atom. The summed E-state index contributed by atoms with van der Waals surface area (Å²) in [6, 6.07) is 10.9. The molecule has 1 aromatic rings. The number of carbonyl (C=O) groups excluding carboxylic acids is 2. The van der Waals surface area contributed by atoms with Crippen molar-refractivity contribution in [2.24, 2.45) is 5.73 Å². The molecule has 0 fully saturated rings. The zero-order valence-corrected chi connectivity index (χ0v) is 10.6. The summed E-state index contributed by atoms with van der Waals surface area (Å²) < 4.78 is 0. The molecule has 0 aliphatic carbocycles. The summed E-state index contributed by atoms with van der Waals surface area (Å²) >= 11 is 0. The maximum absolute atomic E-state index is 11.8. The van der Waals surface area contributed by atoms with E-state index in [1.807, 2.05) is 12.1 Å². The smallest absolute Gasteiger partial charge is 0.241 e. The van der Waals surface area contributed by atoms with E-state index in [2.05, 4.69) is 5.32 Å². The van der Waals surface area contributed by atoms with Crippen LogP contribution in [0.25, 0.3) is 0 Å². The van der Waals surface area contributed by atoms with E-state index in [9.17, 15) is 9.59 Å². The average molecular weight is 259 g/mol. The second kappa shape index (κ2) is 7.88. The molecule has 5 nitrogen and oxygen atoms in total. The predicted octanol–water partition coefficient (Wildman–Crippen LogP) is 1.07. The van der Waals surface area contributed by atoms with Gasteiger partial charge in [-0.05, 0) is 18.4 Å². The third-order valence-electron chi connectivity index (χ3n) is 2.67. The highest BCUT2D eigenvalue weighted by Crippen LogP contribution is 2.14. The number of hydrogen-bond acceptors (Lipinski definition) is 3. The molecule has 100 valence electrons. The molecule has 0 aromatic heterocycles. The number of unbranched alkanes of at least 4 members (excludes halogenated alkanes) is 1. The first-order valence-corrected chi connectivity index (χ1v) is 6.15. The Morgan fingerprint density at radius 3 is 2.53 bits per heavy atom. The van der Waals surface area contributed by atoms with Crippen LogP contribution in [0.4, 0.5) is 0 Å². The molecule has 1 atom stereocenters. The van der Waals surface area contributed by atoms with Crippen LogP contribution in [-0.4, -0.2) is 18.4 Å². The summed E-state index contributed by atoms with van der Waals surface area (Å²) in [6.07, 6.45) is 1.62. The van der Waals surface area contributed by atoms with E-state index >= 15 is 0 Å². The molecule has 0 aliphatic heterocycles. The number of benzene rings is 1. The maximum Gasteiger partial charge on any atom is 0.241 e. The van der Waals surface area contributed by atoms with Crippen LogP contribution >= 0.6 is 0 Å². The Balaban J connectivity index is 2.40. The molecule has 0 saturated heterocycles. The van der Waals surface area contributed by atoms with Gasteiger partial charge in [-0.1, -0.05) is 30.3 Å². The van der Waals surface area contributed by atoms with Gasteiger partial charge in [0.25, 0.3) is 0 Å². The van der Waals surface area contributed by atoms with Crippen LogP contribution in [-0.2, 0) is 9.59 Å². The second-order valence-electron chi connectivity index (χ2n) is 4.19. The lowest BCUT2D eigenvalue weighted by atomic mass is 10.00. The highest BCUT2D eigenvalue weighted by Gasteiger charge is 2.18. The van der Waals surface area contributed by atoms with Crippen LogP contribution in [0.5, 0.6) is 0 Å². The molecule has 2 amide bonds. The number of amides is 2. The van der Waals surface area contributed by atoms with Gasteiger partial charge in [0.05, 0.1) is 6.07 Å². The molecule has 1 aromatic carbocycles. The summed E-state index contributed by atoms with van der Waals surface area (Å²) in [5.74, 6) is -1.45. The molecule has 0 aliphatic rings. The van der Waals surface area contributed by atoms with Gasteiger partial charge in [-0.3, -0.25) is 9.59 Å². The molecule has 0 radical (unpaired) electrons. The third kappa shape index (κ3) is 5.21. The third-order valence-corrected chi connectivity index (χ3v) is 2.67. The molecular formula is C14H17N3O2. The monoisotopic (exact) mass is 259 g/mol. The summed E-state index contributed by atoms with van der Waals surface area (Å²) in [5, 5.41) is 11.7. The second-order valence-corrected chi connectivity index (χ2v) is 4.19. The van der Waals surface area contributed by atoms with Crippen molar-refractivity contribution in [3.05, 3.63) is 35.9 Å². The largest absolute Gasteiger partial charge is 0.370 e. The first-order valence-electron chi connectivity index (χ1n) is 6.15. The summed E-state index contributed by atoms with van der Waals surface area (Å²) in [5.41, 5.74) is 5.69. The number of nitrogens with two attached hydrogens (primary N) is 1. The van der Waals surface area contributed by atoms with Crippen molar-refractivity contribution in [1.29, 1.82) is 5.26 Å². The Bertz CT molecular complexity index is 465. The minimum Gasteiger partial charge on any atom is -0.370 e. The number of primary amides is 1. The van der Waals surface area contributed by atoms with E-state index < -0.39 is 5.92 Å². The fourth-order valence-electron chi connectivity index (χ4n) is 1.67. The number of nitrogens with zero attached hydrogens (tertiary/aromatic N) is 1. The van der Waals surface area contributed by atoms with Crippen LogP contribution in [0.2, 0.25) is 0 Å². The summed E-state index contributed by atoms with van der Waals surface area (Å²) in [6.45, 7) is 0.442. The number of rotatable bonds is 7. The molecule has 0 heterocycles. The fraction of sp³-hybridized carbons (Fsp3) is 0.357. The number of nitrogens with one attached hydrogen (secondary N) is 1. The molecule has 1 unspecified atom stereocenters. The van der Waals surface area contributed by atoms with Crippen molar-refractivity contribution in [1.82, 2.24) is 5.32 Å². The quantitative estimate of drug-likeness (QED) is 0.717. The van der Waals surface area contributed by atoms with Crippen molar-refractivity contribution in [2.75, 3.05) is 6.54 Å². The van der Waals surface area contributed by atoms with Crippen molar-refractivity contribution < 1.29 is 9.59 Å². The van der Waals surface area contributed by atoms with Crippen molar-refractivity contribution in [2.45, 2.75) is 25.2 Å². The van der Waals surface area contributed by atoms with Gasteiger partial charge >= 0.3 is 0 Å². The Hall–Kier alpha value is -2.35. The molecule has 5 heteroatoms. The van der Waals surface area contributed by atoms with Gasteiger partial charge in [0.1, 0.15) is 5.92 Å². The van der Waals surface area contributed by atoms with Gasteiger partial charge in [0.2, 0.25) is 11.8 Å². The van der Waals surface area contributed by atoms with Crippen LogP contribution < -0.4 is 11.1 Å². The SMILES string of the molecule is N#CC(C(=O)NCCCCC(N)=O)c1ccccc1. The maximum atomic E-state index is 11.8. The highest BCUT2D eigenvalue weighted by molar-refractivity contribution is 5.86. The van der Waals surface area contributed by atoms with Gasteiger partial charge in [-0.25, -0.2) is 0 Å². The lowest BCUT2D eigenvalue weighted by Crippen LogP contribution is -2.29. The minimum absolute atomic E-state index is 0.312. The lowest BCUT2D eigenvalue weighted by molar-refractivity contribution is -0.121. The van der Waals surface area contributed by atoms with Gasteiger partial charge in [0, 0.05) is 13.0 Å². The normalized spacial score (nSPS) is 11.3. The van der Waals surface area contributed by atoms with Crippen LogP contribution in [0.1, 0.15) is 30.7 Å². The number of nitriles is 1. The molecule has 0 bridgehead atoms. The predicted molar refractivity (Wildman–Crippen MR) is 70.9 cm³/mol. The first kappa shape index (κ1) is 14.7. The zero-order valence-electron chi connectivity index (χ0n) is 10.6. The van der Waals surface area contributed by atoms with Crippen LogP contribution in [0.3, 0.4) is 0 Å². The van der Waals surface area contributed by atoms with Crippen molar-refractivity contribution in [3.63, 3.8) is 0 Å². The van der Waals surface area contributed by atoms with E-state index in [0.29, 0.717) is 31.4 Å². The van der Waals surface area contributed by atoms with Gasteiger partial charge < -0.3 is 11.1 Å². The molecule has 0 saturated carbocycles. The summed E-state index contributed by atoms with van der Waals surface area (Å²) in [4.78, 5) is 22.4. The average Bonchev–Trinajstić information content (AvgIpc) is 2.40. The number of hydrogen-bond donors (Lipinski definition) is 2. The van der Waals surface area contributed by atoms with E-state index in [4.69, 9.17) is 11.0 Å². The van der Waals surface area contributed by atoms with Gasteiger partial charge in [-0.2, -0.15) is 5.26 Å². The van der Waals surface area contributed by atoms with Crippen LogP contribution in [0, 0.1) is 11.3 Å². The minimum atomic E-state index is -0.794. The topological polar surface area (TPSA) is 96.0 Å². The standard InChI is InChI=1S/C14H17N3O2/c15-10-12(11-6-2-1-3-7-11)14(19)17-9-5-4-8-13(16)18/h1-3,6-7,12H,4-5,8-9H2,(H2,16,18)(H,17,19). The van der Waals surface area contributed by atoms with E-state index in [1.165, 1.54) is 0 Å². The first-order chi connectivity index (χ1) is 9.15. The Kier molecular flexibility index (Phi) is 6.10. The van der Waals surface area contributed by atoms with E-state index in [0.717, 1.165) is 0 Å². The van der Waals surface area contributed by atoms with Crippen molar-refractivity contribution >= 4 is 11.8 Å².